The summed E-state index contributed by atoms with van der Waals surface area (Å²) in [5, 5.41) is 6.92. The van der Waals surface area contributed by atoms with Crippen LogP contribution in [-0.4, -0.2) is 57.1 Å². The Hall–Kier alpha value is -4.01. The van der Waals surface area contributed by atoms with Gasteiger partial charge < -0.3 is 29.9 Å². The SMILES string of the molecule is CC(=O)N(CCN(C)C)c1ccc(NC(=C2C(=O)Nc3cc(Cl)ccc32)c2ccc3c(c2)OCCO3)cc1. The van der Waals surface area contributed by atoms with E-state index in [1.807, 2.05) is 67.5 Å². The fraction of sp³-hybridized carbons (Fsp3) is 0.241. The van der Waals surface area contributed by atoms with E-state index in [-0.39, 0.29) is 11.8 Å². The Bertz CT molecular complexity index is 1420. The minimum absolute atomic E-state index is 0.0236. The summed E-state index contributed by atoms with van der Waals surface area (Å²) in [6, 6.07) is 18.5. The first kappa shape index (κ1) is 25.6. The molecule has 2 amide bonds. The number of fused-ring (bicyclic) bond motifs is 2. The summed E-state index contributed by atoms with van der Waals surface area (Å²) in [6.07, 6.45) is 0. The number of anilines is 3. The van der Waals surface area contributed by atoms with Crippen LogP contribution in [0.4, 0.5) is 17.1 Å². The molecule has 2 aliphatic rings. The highest BCUT2D eigenvalue weighted by Crippen LogP contribution is 2.41. The summed E-state index contributed by atoms with van der Waals surface area (Å²) in [6.45, 7) is 3.85. The summed E-state index contributed by atoms with van der Waals surface area (Å²) >= 11 is 6.18. The number of hydrogen-bond donors (Lipinski definition) is 2. The second-order valence-corrected chi connectivity index (χ2v) is 9.83. The molecule has 2 heterocycles. The van der Waals surface area contributed by atoms with E-state index in [0.29, 0.717) is 53.2 Å². The van der Waals surface area contributed by atoms with E-state index >= 15 is 0 Å². The molecular weight excluding hydrogens is 504 g/mol. The van der Waals surface area contributed by atoms with Crippen LogP contribution in [0.25, 0.3) is 11.3 Å². The first-order chi connectivity index (χ1) is 18.3. The number of carbonyl (C=O) groups is 2. The van der Waals surface area contributed by atoms with Crippen molar-refractivity contribution < 1.29 is 19.1 Å². The van der Waals surface area contributed by atoms with Crippen molar-refractivity contribution in [2.75, 3.05) is 55.9 Å². The molecular formula is C29H29ClN4O4. The first-order valence-electron chi connectivity index (χ1n) is 12.4. The number of likely N-dealkylation sites (N-methyl/N-ethyl adjacent to an activating group) is 1. The first-order valence-corrected chi connectivity index (χ1v) is 12.7. The van der Waals surface area contributed by atoms with Gasteiger partial charge in [-0.15, -0.1) is 0 Å². The number of amides is 2. The highest BCUT2D eigenvalue weighted by molar-refractivity contribution is 6.38. The lowest BCUT2D eigenvalue weighted by Gasteiger charge is -2.24. The third-order valence-corrected chi connectivity index (χ3v) is 6.64. The Kier molecular flexibility index (Phi) is 7.26. The largest absolute Gasteiger partial charge is 0.486 e. The monoisotopic (exact) mass is 532 g/mol. The molecule has 9 heteroatoms. The zero-order chi connectivity index (χ0) is 26.8. The van der Waals surface area contributed by atoms with E-state index in [4.69, 9.17) is 21.1 Å². The van der Waals surface area contributed by atoms with Crippen LogP contribution < -0.4 is 25.0 Å². The molecule has 0 fully saturated rings. The Morgan fingerprint density at radius 1 is 0.974 bits per heavy atom. The Morgan fingerprint density at radius 3 is 2.42 bits per heavy atom. The molecule has 8 nitrogen and oxygen atoms in total. The highest BCUT2D eigenvalue weighted by Gasteiger charge is 2.29. The maximum absolute atomic E-state index is 13.2. The van der Waals surface area contributed by atoms with E-state index < -0.39 is 0 Å². The minimum atomic E-state index is -0.234. The third-order valence-electron chi connectivity index (χ3n) is 6.41. The van der Waals surface area contributed by atoms with Crippen molar-refractivity contribution >= 4 is 51.7 Å². The number of hydrogen-bond acceptors (Lipinski definition) is 6. The number of nitrogens with zero attached hydrogens (tertiary/aromatic N) is 2. The van der Waals surface area contributed by atoms with Gasteiger partial charge in [-0.2, -0.15) is 0 Å². The molecule has 2 N–H and O–H groups in total. The van der Waals surface area contributed by atoms with Gasteiger partial charge in [-0.1, -0.05) is 17.7 Å². The van der Waals surface area contributed by atoms with Crippen LogP contribution in [0.5, 0.6) is 11.5 Å². The third kappa shape index (κ3) is 5.32. The molecule has 0 saturated heterocycles. The second-order valence-electron chi connectivity index (χ2n) is 9.40. The summed E-state index contributed by atoms with van der Waals surface area (Å²) < 4.78 is 11.5. The summed E-state index contributed by atoms with van der Waals surface area (Å²) in [5.41, 5.74) is 4.85. The van der Waals surface area contributed by atoms with Crippen molar-refractivity contribution in [1.82, 2.24) is 4.90 Å². The number of benzene rings is 3. The fourth-order valence-electron chi connectivity index (χ4n) is 4.51. The number of halogens is 1. The van der Waals surface area contributed by atoms with E-state index in [0.717, 1.165) is 29.0 Å². The van der Waals surface area contributed by atoms with Gasteiger partial charge in [0.15, 0.2) is 11.5 Å². The van der Waals surface area contributed by atoms with Gasteiger partial charge >= 0.3 is 0 Å². The quantitative estimate of drug-likeness (QED) is 0.419. The summed E-state index contributed by atoms with van der Waals surface area (Å²) in [7, 11) is 3.95. The van der Waals surface area contributed by atoms with Gasteiger partial charge in [0.2, 0.25) is 5.91 Å². The molecule has 0 bridgehead atoms. The standard InChI is InChI=1S/C29H29ClN4O4/c1-18(35)34(13-12-33(2)3)22-8-6-21(7-9-22)31-28(19-4-11-25-26(16-19)38-15-14-37-25)27-23-10-5-20(30)17-24(23)32-29(27)36/h4-11,16-17,31H,12-15H2,1-3H3,(H,32,36). The molecule has 3 aromatic rings. The predicted octanol–water partition coefficient (Wildman–Crippen LogP) is 4.96. The van der Waals surface area contributed by atoms with E-state index in [9.17, 15) is 9.59 Å². The van der Waals surface area contributed by atoms with Crippen LogP contribution in [-0.2, 0) is 9.59 Å². The molecule has 0 aliphatic carbocycles. The van der Waals surface area contributed by atoms with Crippen LogP contribution in [0.2, 0.25) is 5.02 Å². The molecule has 2 aliphatic heterocycles. The molecule has 3 aromatic carbocycles. The van der Waals surface area contributed by atoms with Crippen LogP contribution in [0, 0.1) is 0 Å². The lowest BCUT2D eigenvalue weighted by atomic mass is 9.99. The Balaban J connectivity index is 1.54. The summed E-state index contributed by atoms with van der Waals surface area (Å²) in [5.74, 6) is 1.03. The smallest absolute Gasteiger partial charge is 0.258 e. The van der Waals surface area contributed by atoms with E-state index in [2.05, 4.69) is 10.6 Å². The fourth-order valence-corrected chi connectivity index (χ4v) is 4.68. The lowest BCUT2D eigenvalue weighted by Crippen LogP contribution is -2.35. The van der Waals surface area contributed by atoms with Crippen molar-refractivity contribution in [1.29, 1.82) is 0 Å². The lowest BCUT2D eigenvalue weighted by molar-refractivity contribution is -0.116. The molecule has 5 rings (SSSR count). The Labute approximate surface area is 226 Å². The van der Waals surface area contributed by atoms with Crippen molar-refractivity contribution in [2.24, 2.45) is 0 Å². The maximum Gasteiger partial charge on any atom is 0.258 e. The average Bonchev–Trinajstić information content (AvgIpc) is 3.22. The van der Waals surface area contributed by atoms with Crippen molar-refractivity contribution in [3.63, 3.8) is 0 Å². The number of nitrogens with one attached hydrogen (secondary N) is 2. The van der Waals surface area contributed by atoms with Crippen molar-refractivity contribution in [3.8, 4) is 11.5 Å². The predicted molar refractivity (Wildman–Crippen MR) is 151 cm³/mol. The zero-order valence-electron chi connectivity index (χ0n) is 21.5. The van der Waals surface area contributed by atoms with Crippen molar-refractivity contribution in [2.45, 2.75) is 6.92 Å². The van der Waals surface area contributed by atoms with Gasteiger partial charge in [0.1, 0.15) is 13.2 Å². The normalized spacial score (nSPS) is 15.1. The molecule has 0 atom stereocenters. The molecule has 0 aromatic heterocycles. The van der Waals surface area contributed by atoms with E-state index in [1.165, 1.54) is 0 Å². The van der Waals surface area contributed by atoms with Gasteiger partial charge in [-0.3, -0.25) is 9.59 Å². The minimum Gasteiger partial charge on any atom is -0.486 e. The maximum atomic E-state index is 13.2. The average molecular weight is 533 g/mol. The highest BCUT2D eigenvalue weighted by atomic mass is 35.5. The number of ether oxygens (including phenoxy) is 2. The number of carbonyl (C=O) groups excluding carboxylic acids is 2. The van der Waals surface area contributed by atoms with E-state index in [1.54, 1.807) is 24.0 Å². The topological polar surface area (TPSA) is 83.1 Å². The molecule has 0 saturated carbocycles. The van der Waals surface area contributed by atoms with Gasteiger partial charge in [0, 0.05) is 47.5 Å². The second kappa shape index (κ2) is 10.8. The van der Waals surface area contributed by atoms with Gasteiger partial charge in [0.05, 0.1) is 17.0 Å². The van der Waals surface area contributed by atoms with Crippen LogP contribution in [0.1, 0.15) is 18.1 Å². The Morgan fingerprint density at radius 2 is 1.71 bits per heavy atom. The summed E-state index contributed by atoms with van der Waals surface area (Å²) in [4.78, 5) is 29.3. The molecule has 38 heavy (non-hydrogen) atoms. The van der Waals surface area contributed by atoms with Gasteiger partial charge in [-0.05, 0) is 68.7 Å². The van der Waals surface area contributed by atoms with Gasteiger partial charge in [-0.25, -0.2) is 0 Å². The molecule has 196 valence electrons. The van der Waals surface area contributed by atoms with Crippen LogP contribution in [0.15, 0.2) is 60.7 Å². The van der Waals surface area contributed by atoms with Crippen LogP contribution in [0.3, 0.4) is 0 Å². The molecule has 0 spiro atoms. The zero-order valence-corrected chi connectivity index (χ0v) is 22.3. The number of rotatable bonds is 7. The van der Waals surface area contributed by atoms with Crippen LogP contribution >= 0.6 is 11.6 Å². The molecule has 0 radical (unpaired) electrons. The van der Waals surface area contributed by atoms with Crippen molar-refractivity contribution in [3.05, 3.63) is 76.8 Å². The van der Waals surface area contributed by atoms with Gasteiger partial charge in [0.25, 0.3) is 5.91 Å². The molecule has 0 unspecified atom stereocenters.